The predicted octanol–water partition coefficient (Wildman–Crippen LogP) is 4.48. The fraction of sp³-hybridized carbons (Fsp3) is 0.200. The van der Waals surface area contributed by atoms with Gasteiger partial charge in [0.1, 0.15) is 12.4 Å². The first-order valence-electron chi connectivity index (χ1n) is 12.1. The highest BCUT2D eigenvalue weighted by Crippen LogP contribution is 2.39. The van der Waals surface area contributed by atoms with Crippen molar-refractivity contribution in [3.63, 3.8) is 0 Å². The third kappa shape index (κ3) is 6.05. The second-order valence-corrected chi connectivity index (χ2v) is 8.58. The van der Waals surface area contributed by atoms with Gasteiger partial charge in [0.15, 0.2) is 11.4 Å². The molecule has 0 saturated carbocycles. The average molecular weight is 529 g/mol. The van der Waals surface area contributed by atoms with Gasteiger partial charge < -0.3 is 24.1 Å². The lowest BCUT2D eigenvalue weighted by atomic mass is 9.81. The molecule has 200 valence electrons. The Hall–Kier alpha value is -4.76. The molecule has 0 radical (unpaired) electrons. The molecular formula is C30H28N2O7. The number of hydrogen-bond acceptors (Lipinski definition) is 8. The number of carbonyl (C=O) groups excluding carboxylic acids is 1. The molecule has 1 atom stereocenters. The Balaban J connectivity index is 1.85. The molecule has 1 heterocycles. The van der Waals surface area contributed by atoms with E-state index < -0.39 is 24.3 Å². The van der Waals surface area contributed by atoms with Crippen LogP contribution in [0.2, 0.25) is 0 Å². The predicted molar refractivity (Wildman–Crippen MR) is 142 cm³/mol. The number of Topliss-reactive ketones (excluding diaryl/α,β-unsaturated/α-hetero) is 1. The van der Waals surface area contributed by atoms with Crippen molar-refractivity contribution in [3.05, 3.63) is 113 Å². The zero-order chi connectivity index (χ0) is 27.8. The molecule has 0 amide bonds. The van der Waals surface area contributed by atoms with Crippen LogP contribution in [0, 0.1) is 6.92 Å². The van der Waals surface area contributed by atoms with E-state index in [9.17, 15) is 14.7 Å². The molecule has 0 bridgehead atoms. The number of nitrogens with zero attached hydrogens (tertiary/aromatic N) is 2. The van der Waals surface area contributed by atoms with E-state index in [4.69, 9.17) is 18.9 Å². The van der Waals surface area contributed by atoms with Crippen molar-refractivity contribution < 1.29 is 33.6 Å². The van der Waals surface area contributed by atoms with Crippen LogP contribution >= 0.6 is 0 Å². The molecule has 4 rings (SSSR count). The Bertz CT molecular complexity index is 1390. The number of carboxylic acids is 1. The zero-order valence-electron chi connectivity index (χ0n) is 21.7. The van der Waals surface area contributed by atoms with E-state index in [0.717, 1.165) is 0 Å². The highest BCUT2D eigenvalue weighted by molar-refractivity contribution is 5.97. The third-order valence-electron chi connectivity index (χ3n) is 6.06. The Kier molecular flexibility index (Phi) is 8.53. The minimum Gasteiger partial charge on any atom is -0.497 e. The molecule has 0 fully saturated rings. The lowest BCUT2D eigenvalue weighted by molar-refractivity contribution is -0.162. The van der Waals surface area contributed by atoms with E-state index >= 15 is 0 Å². The van der Waals surface area contributed by atoms with Crippen molar-refractivity contribution in [2.24, 2.45) is 0 Å². The van der Waals surface area contributed by atoms with Crippen molar-refractivity contribution in [2.45, 2.75) is 18.6 Å². The molecule has 0 aliphatic rings. The number of methoxy groups -OCH3 is 2. The maximum absolute atomic E-state index is 13.3. The van der Waals surface area contributed by atoms with Gasteiger partial charge in [-0.3, -0.25) is 4.79 Å². The highest BCUT2D eigenvalue weighted by atomic mass is 16.6. The molecule has 39 heavy (non-hydrogen) atoms. The van der Waals surface area contributed by atoms with Gasteiger partial charge in [0.05, 0.1) is 14.2 Å². The number of carbonyl (C=O) groups is 2. The van der Waals surface area contributed by atoms with Crippen molar-refractivity contribution in [1.29, 1.82) is 0 Å². The van der Waals surface area contributed by atoms with E-state index in [1.54, 1.807) is 97.9 Å². The van der Waals surface area contributed by atoms with E-state index in [-0.39, 0.29) is 17.7 Å². The number of benzene rings is 3. The van der Waals surface area contributed by atoms with Crippen LogP contribution in [-0.2, 0) is 15.1 Å². The number of aliphatic carboxylic acids is 1. The second-order valence-electron chi connectivity index (χ2n) is 8.58. The smallest absolute Gasteiger partial charge is 0.348 e. The van der Waals surface area contributed by atoms with Crippen LogP contribution in [0.1, 0.15) is 27.2 Å². The van der Waals surface area contributed by atoms with Crippen LogP contribution in [0.15, 0.2) is 91.0 Å². The maximum Gasteiger partial charge on any atom is 0.348 e. The number of hydrogen-bond donors (Lipinski definition) is 1. The summed E-state index contributed by atoms with van der Waals surface area (Å²) < 4.78 is 22.8. The molecule has 3 aromatic carbocycles. The minimum absolute atomic E-state index is 0.209. The largest absolute Gasteiger partial charge is 0.497 e. The molecule has 9 nitrogen and oxygen atoms in total. The van der Waals surface area contributed by atoms with Crippen molar-refractivity contribution in [2.75, 3.05) is 20.8 Å². The summed E-state index contributed by atoms with van der Waals surface area (Å²) in [6.07, 6.45) is -1.70. The van der Waals surface area contributed by atoms with Gasteiger partial charge in [-0.15, -0.1) is 0 Å². The van der Waals surface area contributed by atoms with E-state index in [2.05, 4.69) is 9.97 Å². The van der Waals surface area contributed by atoms with Gasteiger partial charge in [-0.1, -0.05) is 72.8 Å². The number of carboxylic acid groups (broad SMARTS) is 1. The summed E-state index contributed by atoms with van der Waals surface area (Å²) in [6.45, 7) is 1.25. The zero-order valence-corrected chi connectivity index (χ0v) is 21.7. The molecule has 0 aliphatic carbocycles. The van der Waals surface area contributed by atoms with Crippen LogP contribution in [-0.4, -0.2) is 53.8 Å². The fourth-order valence-electron chi connectivity index (χ4n) is 4.23. The summed E-state index contributed by atoms with van der Waals surface area (Å²) in [4.78, 5) is 34.7. The molecule has 0 spiro atoms. The van der Waals surface area contributed by atoms with Crippen molar-refractivity contribution in [3.8, 4) is 17.6 Å². The molecule has 4 aromatic rings. The SMILES string of the molecule is COc1cccc(C(=O)COC(c2ccccc2)(c2ccccc2)C(Oc2nc(C)cc(OC)n2)C(=O)O)c1. The van der Waals surface area contributed by atoms with Gasteiger partial charge in [0.25, 0.3) is 0 Å². The normalized spacial score (nSPS) is 11.9. The first kappa shape index (κ1) is 27.3. The minimum atomic E-state index is -1.77. The van der Waals surface area contributed by atoms with Crippen LogP contribution in [0.25, 0.3) is 0 Å². The first-order valence-corrected chi connectivity index (χ1v) is 12.1. The van der Waals surface area contributed by atoms with E-state index in [1.807, 2.05) is 0 Å². The average Bonchev–Trinajstić information content (AvgIpc) is 2.97. The Morgan fingerprint density at radius 1 is 0.846 bits per heavy atom. The number of rotatable bonds is 12. The monoisotopic (exact) mass is 528 g/mol. The molecule has 0 saturated heterocycles. The van der Waals surface area contributed by atoms with Crippen molar-refractivity contribution in [1.82, 2.24) is 9.97 Å². The molecule has 0 aliphatic heterocycles. The molecule has 1 N–H and O–H groups in total. The summed E-state index contributed by atoms with van der Waals surface area (Å²) >= 11 is 0. The Morgan fingerprint density at radius 3 is 2.05 bits per heavy atom. The van der Waals surface area contributed by atoms with Crippen LogP contribution in [0.3, 0.4) is 0 Å². The van der Waals surface area contributed by atoms with Crippen molar-refractivity contribution >= 4 is 11.8 Å². The van der Waals surface area contributed by atoms with Crippen LogP contribution in [0.5, 0.6) is 17.6 Å². The summed E-state index contributed by atoms with van der Waals surface area (Å²) in [5.41, 5.74) is 0.0100. The number of aryl methyl sites for hydroxylation is 1. The Labute approximate surface area is 226 Å². The van der Waals surface area contributed by atoms with Gasteiger partial charge in [0, 0.05) is 17.3 Å². The lowest BCUT2D eigenvalue weighted by Gasteiger charge is -2.38. The highest BCUT2D eigenvalue weighted by Gasteiger charge is 2.50. The third-order valence-corrected chi connectivity index (χ3v) is 6.06. The number of aromatic nitrogens is 2. The molecule has 9 heteroatoms. The maximum atomic E-state index is 13.3. The standard InChI is InChI=1S/C30H28N2O7/c1-20-17-26(37-3)32-29(31-20)39-27(28(34)35)30(22-12-6-4-7-13-22,23-14-8-5-9-15-23)38-19-25(33)21-11-10-16-24(18-21)36-2/h4-18,27H,19H2,1-3H3,(H,34,35). The fourth-order valence-corrected chi connectivity index (χ4v) is 4.23. The van der Waals surface area contributed by atoms with Gasteiger partial charge in [-0.2, -0.15) is 4.98 Å². The van der Waals surface area contributed by atoms with Crippen LogP contribution < -0.4 is 14.2 Å². The Morgan fingerprint density at radius 2 is 1.49 bits per heavy atom. The van der Waals surface area contributed by atoms with Crippen LogP contribution in [0.4, 0.5) is 0 Å². The van der Waals surface area contributed by atoms with Gasteiger partial charge >= 0.3 is 12.0 Å². The van der Waals surface area contributed by atoms with Gasteiger partial charge in [-0.25, -0.2) is 9.78 Å². The summed E-state index contributed by atoms with van der Waals surface area (Å²) in [5.74, 6) is -1.00. The van der Waals surface area contributed by atoms with E-state index in [0.29, 0.717) is 28.1 Å². The summed E-state index contributed by atoms with van der Waals surface area (Å²) in [6, 6.07) is 25.5. The quantitative estimate of drug-likeness (QED) is 0.266. The number of ether oxygens (including phenoxy) is 4. The van der Waals surface area contributed by atoms with Gasteiger partial charge in [0.2, 0.25) is 12.0 Å². The van der Waals surface area contributed by atoms with Gasteiger partial charge in [-0.05, 0) is 30.2 Å². The molecular weight excluding hydrogens is 500 g/mol. The van der Waals surface area contributed by atoms with E-state index in [1.165, 1.54) is 14.2 Å². The summed E-state index contributed by atoms with van der Waals surface area (Å²) in [5, 5.41) is 10.5. The lowest BCUT2D eigenvalue weighted by Crippen LogP contribution is -2.52. The number of ketones is 1. The first-order chi connectivity index (χ1) is 18.9. The molecule has 1 unspecified atom stereocenters. The summed E-state index contributed by atoms with van der Waals surface area (Å²) in [7, 11) is 2.94. The topological polar surface area (TPSA) is 117 Å². The molecule has 1 aromatic heterocycles. The second kappa shape index (κ2) is 12.2.